The van der Waals surface area contributed by atoms with Crippen LogP contribution in [0.25, 0.3) is 10.6 Å². The first kappa shape index (κ1) is 19.6. The van der Waals surface area contributed by atoms with Crippen LogP contribution in [0, 0.1) is 0 Å². The lowest BCUT2D eigenvalue weighted by molar-refractivity contribution is -0.120. The number of aromatic nitrogens is 1. The van der Waals surface area contributed by atoms with Gasteiger partial charge in [0.1, 0.15) is 5.56 Å². The highest BCUT2D eigenvalue weighted by Gasteiger charge is 2.12. The van der Waals surface area contributed by atoms with Crippen LogP contribution in [0.2, 0.25) is 0 Å². The number of carbonyl (C=O) groups is 2. The van der Waals surface area contributed by atoms with Crippen LogP contribution in [0.15, 0.2) is 58.7 Å². The molecule has 0 spiro atoms. The molecule has 6 nitrogen and oxygen atoms in total. The van der Waals surface area contributed by atoms with E-state index in [4.69, 9.17) is 0 Å². The number of benzene rings is 1. The predicted octanol–water partition coefficient (Wildman–Crippen LogP) is 3.42. The molecule has 144 valence electrons. The van der Waals surface area contributed by atoms with E-state index in [0.29, 0.717) is 11.4 Å². The van der Waals surface area contributed by atoms with E-state index in [1.807, 2.05) is 31.4 Å². The zero-order valence-corrected chi connectivity index (χ0v) is 16.4. The second-order valence-electron chi connectivity index (χ2n) is 6.64. The molecule has 3 N–H and O–H groups in total. The van der Waals surface area contributed by atoms with Crippen molar-refractivity contribution in [1.82, 2.24) is 10.3 Å². The normalized spacial score (nSPS) is 10.7. The van der Waals surface area contributed by atoms with Crippen molar-refractivity contribution in [3.8, 4) is 10.6 Å². The molecular formula is C21H21N3O3S. The number of nitrogens with one attached hydrogen (secondary N) is 3. The van der Waals surface area contributed by atoms with Gasteiger partial charge >= 0.3 is 0 Å². The Morgan fingerprint density at radius 3 is 2.43 bits per heavy atom. The number of anilines is 1. The van der Waals surface area contributed by atoms with Gasteiger partial charge in [0.25, 0.3) is 11.5 Å². The van der Waals surface area contributed by atoms with E-state index in [-0.39, 0.29) is 23.9 Å². The Balaban J connectivity index is 1.66. The molecule has 0 aliphatic rings. The summed E-state index contributed by atoms with van der Waals surface area (Å²) in [4.78, 5) is 40.2. The van der Waals surface area contributed by atoms with E-state index < -0.39 is 11.5 Å². The van der Waals surface area contributed by atoms with E-state index >= 15 is 0 Å². The molecule has 3 rings (SSSR count). The average molecular weight is 395 g/mol. The molecule has 0 aliphatic heterocycles. The zero-order chi connectivity index (χ0) is 20.1. The first-order valence-corrected chi connectivity index (χ1v) is 9.77. The Bertz CT molecular complexity index is 1020. The largest absolute Gasteiger partial charge is 0.354 e. The van der Waals surface area contributed by atoms with Crippen molar-refractivity contribution in [2.45, 2.75) is 26.3 Å². The molecule has 2 heterocycles. The Morgan fingerprint density at radius 2 is 1.82 bits per heavy atom. The fraction of sp³-hybridized carbons (Fsp3) is 0.190. The van der Waals surface area contributed by atoms with Gasteiger partial charge in [0.05, 0.1) is 17.0 Å². The summed E-state index contributed by atoms with van der Waals surface area (Å²) in [6, 6.07) is 14.1. The van der Waals surface area contributed by atoms with Crippen molar-refractivity contribution in [2.75, 3.05) is 5.32 Å². The molecule has 0 unspecified atom stereocenters. The van der Waals surface area contributed by atoms with E-state index in [9.17, 15) is 14.4 Å². The summed E-state index contributed by atoms with van der Waals surface area (Å²) in [6.45, 7) is 3.82. The van der Waals surface area contributed by atoms with Gasteiger partial charge in [-0.2, -0.15) is 0 Å². The number of amides is 2. The number of aromatic amines is 1. The Morgan fingerprint density at radius 1 is 1.07 bits per heavy atom. The Hall–Kier alpha value is -3.19. The van der Waals surface area contributed by atoms with Gasteiger partial charge in [0, 0.05) is 11.7 Å². The van der Waals surface area contributed by atoms with Gasteiger partial charge in [-0.05, 0) is 55.1 Å². The van der Waals surface area contributed by atoms with Gasteiger partial charge in [0.15, 0.2) is 0 Å². The maximum atomic E-state index is 12.4. The summed E-state index contributed by atoms with van der Waals surface area (Å²) < 4.78 is 0. The number of thiophene rings is 1. The van der Waals surface area contributed by atoms with Gasteiger partial charge in [-0.25, -0.2) is 0 Å². The zero-order valence-electron chi connectivity index (χ0n) is 15.6. The fourth-order valence-electron chi connectivity index (χ4n) is 2.69. The minimum Gasteiger partial charge on any atom is -0.354 e. The molecule has 1 aromatic carbocycles. The highest BCUT2D eigenvalue weighted by Crippen LogP contribution is 2.21. The number of hydrogen-bond acceptors (Lipinski definition) is 4. The molecule has 0 saturated carbocycles. The van der Waals surface area contributed by atoms with Crippen LogP contribution in [0.4, 0.5) is 5.69 Å². The monoisotopic (exact) mass is 395 g/mol. The van der Waals surface area contributed by atoms with Crippen LogP contribution < -0.4 is 16.2 Å². The van der Waals surface area contributed by atoms with Crippen molar-refractivity contribution < 1.29 is 9.59 Å². The second kappa shape index (κ2) is 8.67. The maximum Gasteiger partial charge on any atom is 0.261 e. The summed E-state index contributed by atoms with van der Waals surface area (Å²) in [5.74, 6) is -0.534. The average Bonchev–Trinajstić information content (AvgIpc) is 3.17. The van der Waals surface area contributed by atoms with Crippen LogP contribution in [0.3, 0.4) is 0 Å². The minimum atomic E-state index is -0.482. The molecule has 7 heteroatoms. The third-order valence-corrected chi connectivity index (χ3v) is 4.87. The number of rotatable bonds is 6. The van der Waals surface area contributed by atoms with Crippen LogP contribution in [0.5, 0.6) is 0 Å². The SMILES string of the molecule is CC(C)NC(=O)Cc1ccc(NC(=O)c2ccc(-c3cccs3)[nH]c2=O)cc1. The van der Waals surface area contributed by atoms with E-state index in [1.165, 1.54) is 17.4 Å². The molecular weight excluding hydrogens is 374 g/mol. The quantitative estimate of drug-likeness (QED) is 0.597. The van der Waals surface area contributed by atoms with E-state index in [2.05, 4.69) is 15.6 Å². The molecule has 3 aromatic rings. The van der Waals surface area contributed by atoms with Gasteiger partial charge in [-0.15, -0.1) is 11.3 Å². The van der Waals surface area contributed by atoms with Crippen LogP contribution >= 0.6 is 11.3 Å². The van der Waals surface area contributed by atoms with E-state index in [0.717, 1.165) is 10.4 Å². The third kappa shape index (κ3) is 4.95. The molecule has 0 fully saturated rings. The molecule has 2 amide bonds. The second-order valence-corrected chi connectivity index (χ2v) is 7.59. The van der Waals surface area contributed by atoms with Crippen molar-refractivity contribution in [2.24, 2.45) is 0 Å². The summed E-state index contributed by atoms with van der Waals surface area (Å²) >= 11 is 1.51. The van der Waals surface area contributed by atoms with Crippen molar-refractivity contribution >= 4 is 28.8 Å². The highest BCUT2D eigenvalue weighted by molar-refractivity contribution is 7.13. The molecule has 0 atom stereocenters. The lowest BCUT2D eigenvalue weighted by atomic mass is 10.1. The minimum absolute atomic E-state index is 0.0423. The van der Waals surface area contributed by atoms with Gasteiger partial charge in [-0.1, -0.05) is 18.2 Å². The Kier molecular flexibility index (Phi) is 6.06. The fourth-order valence-corrected chi connectivity index (χ4v) is 3.40. The van der Waals surface area contributed by atoms with Crippen LogP contribution in [-0.4, -0.2) is 22.8 Å². The Labute approximate surface area is 166 Å². The first-order valence-electron chi connectivity index (χ1n) is 8.89. The highest BCUT2D eigenvalue weighted by atomic mass is 32.1. The molecule has 0 bridgehead atoms. The third-order valence-electron chi connectivity index (χ3n) is 3.97. The standard InChI is InChI=1S/C21H21N3O3S/c1-13(2)22-19(25)12-14-5-7-15(8-6-14)23-20(26)16-9-10-17(24-21(16)27)18-4-3-11-28-18/h3-11,13H,12H2,1-2H3,(H,22,25)(H,23,26)(H,24,27). The number of pyridine rings is 1. The smallest absolute Gasteiger partial charge is 0.261 e. The summed E-state index contributed by atoms with van der Waals surface area (Å²) in [5, 5.41) is 7.46. The van der Waals surface area contributed by atoms with Gasteiger partial charge in [-0.3, -0.25) is 14.4 Å². The predicted molar refractivity (Wildman–Crippen MR) is 112 cm³/mol. The summed E-state index contributed by atoms with van der Waals surface area (Å²) in [5.41, 5.74) is 1.68. The topological polar surface area (TPSA) is 91.1 Å². The van der Waals surface area contributed by atoms with Crippen LogP contribution in [-0.2, 0) is 11.2 Å². The molecule has 0 saturated heterocycles. The molecule has 28 heavy (non-hydrogen) atoms. The molecule has 0 aliphatic carbocycles. The number of H-pyrrole nitrogens is 1. The first-order chi connectivity index (χ1) is 13.4. The molecule has 0 radical (unpaired) electrons. The lowest BCUT2D eigenvalue weighted by Crippen LogP contribution is -2.31. The maximum absolute atomic E-state index is 12.4. The van der Waals surface area contributed by atoms with Crippen molar-refractivity contribution in [3.63, 3.8) is 0 Å². The molecule has 2 aromatic heterocycles. The van der Waals surface area contributed by atoms with Gasteiger partial charge in [0.2, 0.25) is 5.91 Å². The lowest BCUT2D eigenvalue weighted by Gasteiger charge is -2.09. The van der Waals surface area contributed by atoms with Crippen LogP contribution in [0.1, 0.15) is 29.8 Å². The van der Waals surface area contributed by atoms with Crippen molar-refractivity contribution in [3.05, 3.63) is 75.4 Å². The summed E-state index contributed by atoms with van der Waals surface area (Å²) in [6.07, 6.45) is 0.274. The van der Waals surface area contributed by atoms with Gasteiger partial charge < -0.3 is 15.6 Å². The van der Waals surface area contributed by atoms with Crippen molar-refractivity contribution in [1.29, 1.82) is 0 Å². The summed E-state index contributed by atoms with van der Waals surface area (Å²) in [7, 11) is 0. The van der Waals surface area contributed by atoms with E-state index in [1.54, 1.807) is 30.3 Å². The number of carbonyl (C=O) groups excluding carboxylic acids is 2. The number of hydrogen-bond donors (Lipinski definition) is 3.